The number of aromatic nitrogens is 4. The standard InChI is InChI=1S/C20H18FN5O/c1-12-10-25-11-13(4-7-18(25)22-12)20(27)26-8-2-3-17(26)19-23-15-6-5-14(21)9-16(15)24-19/h4-7,9-11,17H,2-3,8H2,1H3,(H,23,24). The van der Waals surface area contributed by atoms with Gasteiger partial charge in [0.1, 0.15) is 17.3 Å². The second kappa shape index (κ2) is 5.90. The summed E-state index contributed by atoms with van der Waals surface area (Å²) in [5.41, 5.74) is 3.71. The van der Waals surface area contributed by atoms with Crippen molar-refractivity contribution in [2.75, 3.05) is 6.54 Å². The van der Waals surface area contributed by atoms with Crippen LogP contribution in [0.5, 0.6) is 0 Å². The van der Waals surface area contributed by atoms with Crippen molar-refractivity contribution >= 4 is 22.6 Å². The van der Waals surface area contributed by atoms with Gasteiger partial charge >= 0.3 is 0 Å². The Morgan fingerprint density at radius 2 is 2.11 bits per heavy atom. The average molecular weight is 363 g/mol. The van der Waals surface area contributed by atoms with E-state index < -0.39 is 0 Å². The van der Waals surface area contributed by atoms with Crippen molar-refractivity contribution in [1.29, 1.82) is 0 Å². The van der Waals surface area contributed by atoms with Gasteiger partial charge in [-0.25, -0.2) is 14.4 Å². The lowest BCUT2D eigenvalue weighted by Gasteiger charge is -2.23. The van der Waals surface area contributed by atoms with Crippen LogP contribution in [-0.4, -0.2) is 36.7 Å². The number of fused-ring (bicyclic) bond motifs is 2. The molecular weight excluding hydrogens is 345 g/mol. The molecule has 1 aliphatic rings. The molecule has 4 heterocycles. The summed E-state index contributed by atoms with van der Waals surface area (Å²) < 4.78 is 15.3. The lowest BCUT2D eigenvalue weighted by Crippen LogP contribution is -2.31. The topological polar surface area (TPSA) is 66.3 Å². The Balaban J connectivity index is 1.49. The fraction of sp³-hybridized carbons (Fsp3) is 0.250. The van der Waals surface area contributed by atoms with Gasteiger partial charge in [0, 0.05) is 18.9 Å². The van der Waals surface area contributed by atoms with E-state index in [-0.39, 0.29) is 17.8 Å². The molecule has 1 saturated heterocycles. The number of carbonyl (C=O) groups excluding carboxylic acids is 1. The third kappa shape index (κ3) is 2.66. The van der Waals surface area contributed by atoms with Crippen LogP contribution in [0.15, 0.2) is 42.7 Å². The number of nitrogens with zero attached hydrogens (tertiary/aromatic N) is 4. The first-order valence-corrected chi connectivity index (χ1v) is 9.00. The molecule has 4 aromatic rings. The third-order valence-corrected chi connectivity index (χ3v) is 5.11. The maximum Gasteiger partial charge on any atom is 0.255 e. The molecule has 1 aliphatic heterocycles. The van der Waals surface area contributed by atoms with Crippen LogP contribution in [0.25, 0.3) is 16.7 Å². The minimum atomic E-state index is -0.305. The number of H-pyrrole nitrogens is 1. The van der Waals surface area contributed by atoms with Crippen LogP contribution in [0.3, 0.4) is 0 Å². The molecule has 1 aromatic carbocycles. The molecule has 0 spiro atoms. The molecule has 1 fully saturated rings. The van der Waals surface area contributed by atoms with Gasteiger partial charge in [0.25, 0.3) is 5.91 Å². The number of pyridine rings is 1. The van der Waals surface area contributed by atoms with Gasteiger partial charge in [0.05, 0.1) is 28.3 Å². The molecular formula is C20H18FN5O. The molecule has 0 saturated carbocycles. The SMILES string of the molecule is Cc1cn2cc(C(=O)N3CCCC3c3nc4ccc(F)cc4[nH]3)ccc2n1. The van der Waals surface area contributed by atoms with Crippen LogP contribution in [0.1, 0.15) is 40.8 Å². The summed E-state index contributed by atoms with van der Waals surface area (Å²) >= 11 is 0. The highest BCUT2D eigenvalue weighted by Gasteiger charge is 2.33. The summed E-state index contributed by atoms with van der Waals surface area (Å²) in [6.45, 7) is 2.60. The predicted octanol–water partition coefficient (Wildman–Crippen LogP) is 3.64. The minimum absolute atomic E-state index is 0.0302. The first-order chi connectivity index (χ1) is 13.1. The van der Waals surface area contributed by atoms with Crippen molar-refractivity contribution < 1.29 is 9.18 Å². The number of imidazole rings is 2. The van der Waals surface area contributed by atoms with Gasteiger partial charge in [-0.1, -0.05) is 0 Å². The molecule has 3 aromatic heterocycles. The summed E-state index contributed by atoms with van der Waals surface area (Å²) in [5, 5.41) is 0. The van der Waals surface area contributed by atoms with Gasteiger partial charge in [-0.15, -0.1) is 0 Å². The normalized spacial score (nSPS) is 17.3. The maximum atomic E-state index is 13.5. The summed E-state index contributed by atoms with van der Waals surface area (Å²) in [5.74, 6) is 0.374. The molecule has 0 bridgehead atoms. The molecule has 1 amide bonds. The predicted molar refractivity (Wildman–Crippen MR) is 99.0 cm³/mol. The van der Waals surface area contributed by atoms with Crippen molar-refractivity contribution in [1.82, 2.24) is 24.3 Å². The minimum Gasteiger partial charge on any atom is -0.340 e. The quantitative estimate of drug-likeness (QED) is 0.591. The number of aryl methyl sites for hydroxylation is 1. The van der Waals surface area contributed by atoms with Crippen LogP contribution in [-0.2, 0) is 0 Å². The molecule has 1 unspecified atom stereocenters. The summed E-state index contributed by atoms with van der Waals surface area (Å²) in [7, 11) is 0. The smallest absolute Gasteiger partial charge is 0.255 e. The number of benzene rings is 1. The summed E-state index contributed by atoms with van der Waals surface area (Å²) in [6, 6.07) is 8.02. The largest absolute Gasteiger partial charge is 0.340 e. The van der Waals surface area contributed by atoms with Gasteiger partial charge < -0.3 is 14.3 Å². The van der Waals surface area contributed by atoms with E-state index in [0.29, 0.717) is 29.0 Å². The van der Waals surface area contributed by atoms with Crippen molar-refractivity contribution in [3.8, 4) is 0 Å². The number of nitrogens with one attached hydrogen (secondary N) is 1. The highest BCUT2D eigenvalue weighted by molar-refractivity contribution is 5.94. The number of halogens is 1. The van der Waals surface area contributed by atoms with Gasteiger partial charge in [-0.2, -0.15) is 0 Å². The second-order valence-corrected chi connectivity index (χ2v) is 7.01. The van der Waals surface area contributed by atoms with E-state index in [1.165, 1.54) is 12.1 Å². The van der Waals surface area contributed by atoms with Crippen molar-refractivity contribution in [3.05, 3.63) is 65.6 Å². The lowest BCUT2D eigenvalue weighted by atomic mass is 10.2. The van der Waals surface area contributed by atoms with Crippen molar-refractivity contribution in [2.24, 2.45) is 0 Å². The second-order valence-electron chi connectivity index (χ2n) is 7.01. The highest BCUT2D eigenvalue weighted by atomic mass is 19.1. The number of aromatic amines is 1. The van der Waals surface area contributed by atoms with E-state index in [0.717, 1.165) is 24.2 Å². The van der Waals surface area contributed by atoms with Crippen LogP contribution in [0.4, 0.5) is 4.39 Å². The third-order valence-electron chi connectivity index (χ3n) is 5.11. The average Bonchev–Trinajstić information content (AvgIpc) is 3.36. The van der Waals surface area contributed by atoms with Crippen molar-refractivity contribution in [2.45, 2.75) is 25.8 Å². The van der Waals surface area contributed by atoms with Crippen LogP contribution < -0.4 is 0 Å². The molecule has 136 valence electrons. The molecule has 6 nitrogen and oxygen atoms in total. The van der Waals surface area contributed by atoms with Crippen LogP contribution >= 0.6 is 0 Å². The van der Waals surface area contributed by atoms with Gasteiger partial charge in [-0.3, -0.25) is 4.79 Å². The fourth-order valence-corrected chi connectivity index (χ4v) is 3.86. The zero-order valence-electron chi connectivity index (χ0n) is 14.8. The fourth-order valence-electron chi connectivity index (χ4n) is 3.86. The van der Waals surface area contributed by atoms with Gasteiger partial charge in [0.2, 0.25) is 0 Å². The number of hydrogen-bond donors (Lipinski definition) is 1. The monoisotopic (exact) mass is 363 g/mol. The summed E-state index contributed by atoms with van der Waals surface area (Å²) in [6.07, 6.45) is 5.47. The Kier molecular flexibility index (Phi) is 3.50. The van der Waals surface area contributed by atoms with Gasteiger partial charge in [0.15, 0.2) is 0 Å². The molecule has 1 atom stereocenters. The molecule has 1 N–H and O–H groups in total. The van der Waals surface area contributed by atoms with E-state index in [2.05, 4.69) is 15.0 Å². The Labute approximate surface area is 154 Å². The molecule has 27 heavy (non-hydrogen) atoms. The van der Waals surface area contributed by atoms with E-state index in [9.17, 15) is 9.18 Å². The zero-order chi connectivity index (χ0) is 18.5. The first kappa shape index (κ1) is 16.0. The van der Waals surface area contributed by atoms with E-state index >= 15 is 0 Å². The van der Waals surface area contributed by atoms with E-state index in [1.54, 1.807) is 6.07 Å². The van der Waals surface area contributed by atoms with Crippen molar-refractivity contribution in [3.63, 3.8) is 0 Å². The number of rotatable bonds is 2. The molecule has 5 rings (SSSR count). The van der Waals surface area contributed by atoms with Crippen LogP contribution in [0.2, 0.25) is 0 Å². The number of likely N-dealkylation sites (tertiary alicyclic amines) is 1. The first-order valence-electron chi connectivity index (χ1n) is 9.00. The lowest BCUT2D eigenvalue weighted by molar-refractivity contribution is 0.0730. The number of amides is 1. The number of carbonyl (C=O) groups is 1. The Hall–Kier alpha value is -3.22. The Morgan fingerprint density at radius 1 is 1.22 bits per heavy atom. The molecule has 7 heteroatoms. The van der Waals surface area contributed by atoms with Crippen LogP contribution in [0, 0.1) is 12.7 Å². The van der Waals surface area contributed by atoms with E-state index in [1.807, 2.05) is 40.8 Å². The van der Waals surface area contributed by atoms with E-state index in [4.69, 9.17) is 0 Å². The van der Waals surface area contributed by atoms with Gasteiger partial charge in [-0.05, 0) is 50.1 Å². The Morgan fingerprint density at radius 3 is 3.00 bits per heavy atom. The molecule has 0 radical (unpaired) electrons. The summed E-state index contributed by atoms with van der Waals surface area (Å²) in [4.78, 5) is 27.2. The molecule has 0 aliphatic carbocycles. The Bertz CT molecular complexity index is 1180. The zero-order valence-corrected chi connectivity index (χ0v) is 14.8. The maximum absolute atomic E-state index is 13.5. The highest BCUT2D eigenvalue weighted by Crippen LogP contribution is 2.32. The number of hydrogen-bond acceptors (Lipinski definition) is 3.